The number of benzene rings is 1. The Hall–Kier alpha value is -0.420. The van der Waals surface area contributed by atoms with Gasteiger partial charge in [0.2, 0.25) is 0 Å². The van der Waals surface area contributed by atoms with E-state index in [0.717, 1.165) is 6.54 Å². The molecule has 0 unspecified atom stereocenters. The Labute approximate surface area is 117 Å². The van der Waals surface area contributed by atoms with Crippen molar-refractivity contribution >= 4 is 15.9 Å². The third kappa shape index (κ3) is 3.79. The molecule has 1 aliphatic carbocycles. The third-order valence-electron chi connectivity index (χ3n) is 3.40. The molecular formula is C14H20BrNO2. The SMILES string of the molecule is OCCOCCNC1CC(c2ccccc2Br)C1. The van der Waals surface area contributed by atoms with E-state index in [0.29, 0.717) is 25.2 Å². The Morgan fingerprint density at radius 2 is 2.06 bits per heavy atom. The fraction of sp³-hybridized carbons (Fsp3) is 0.571. The van der Waals surface area contributed by atoms with Gasteiger partial charge in [0.05, 0.1) is 19.8 Å². The molecule has 0 atom stereocenters. The quantitative estimate of drug-likeness (QED) is 0.759. The molecule has 3 nitrogen and oxygen atoms in total. The average molecular weight is 314 g/mol. The number of nitrogens with one attached hydrogen (secondary N) is 1. The molecule has 1 fully saturated rings. The van der Waals surface area contributed by atoms with Gasteiger partial charge in [0.1, 0.15) is 0 Å². The average Bonchev–Trinajstić information content (AvgIpc) is 2.33. The Bertz CT molecular complexity index is 367. The van der Waals surface area contributed by atoms with Gasteiger partial charge in [-0.05, 0) is 30.4 Å². The van der Waals surface area contributed by atoms with E-state index in [2.05, 4.69) is 45.5 Å². The summed E-state index contributed by atoms with van der Waals surface area (Å²) < 4.78 is 6.43. The minimum absolute atomic E-state index is 0.105. The maximum atomic E-state index is 8.57. The van der Waals surface area contributed by atoms with E-state index >= 15 is 0 Å². The van der Waals surface area contributed by atoms with E-state index in [1.165, 1.54) is 22.9 Å². The van der Waals surface area contributed by atoms with Gasteiger partial charge in [0.15, 0.2) is 0 Å². The monoisotopic (exact) mass is 313 g/mol. The molecule has 0 spiro atoms. The predicted molar refractivity (Wildman–Crippen MR) is 75.8 cm³/mol. The van der Waals surface area contributed by atoms with Crippen molar-refractivity contribution in [2.75, 3.05) is 26.4 Å². The van der Waals surface area contributed by atoms with E-state index in [1.54, 1.807) is 0 Å². The molecule has 0 aliphatic heterocycles. The molecule has 2 N–H and O–H groups in total. The van der Waals surface area contributed by atoms with Gasteiger partial charge in [0, 0.05) is 17.1 Å². The molecule has 0 aromatic heterocycles. The molecule has 0 saturated heterocycles. The van der Waals surface area contributed by atoms with Gasteiger partial charge < -0.3 is 15.2 Å². The number of hydrogen-bond donors (Lipinski definition) is 2. The molecule has 1 aliphatic rings. The van der Waals surface area contributed by atoms with Crippen molar-refractivity contribution in [2.45, 2.75) is 24.8 Å². The molecule has 0 heterocycles. The summed E-state index contributed by atoms with van der Waals surface area (Å²) in [5, 5.41) is 12.0. The number of aliphatic hydroxyl groups excluding tert-OH is 1. The first-order valence-electron chi connectivity index (χ1n) is 6.47. The highest BCUT2D eigenvalue weighted by atomic mass is 79.9. The lowest BCUT2D eigenvalue weighted by Gasteiger charge is -2.37. The lowest BCUT2D eigenvalue weighted by atomic mass is 9.76. The number of ether oxygens (including phenoxy) is 1. The van der Waals surface area contributed by atoms with Gasteiger partial charge in [-0.15, -0.1) is 0 Å². The molecule has 0 bridgehead atoms. The van der Waals surface area contributed by atoms with Crippen LogP contribution in [0.2, 0.25) is 0 Å². The molecule has 4 heteroatoms. The standard InChI is InChI=1S/C14H20BrNO2/c15-14-4-2-1-3-13(14)11-9-12(10-11)16-5-7-18-8-6-17/h1-4,11-12,16-17H,5-10H2. The summed E-state index contributed by atoms with van der Waals surface area (Å²) in [5.41, 5.74) is 1.42. The summed E-state index contributed by atoms with van der Waals surface area (Å²) in [7, 11) is 0. The second kappa shape index (κ2) is 7.24. The Morgan fingerprint density at radius 1 is 1.28 bits per heavy atom. The van der Waals surface area contributed by atoms with Crippen LogP contribution in [-0.4, -0.2) is 37.5 Å². The van der Waals surface area contributed by atoms with Crippen molar-refractivity contribution in [3.8, 4) is 0 Å². The Kier molecular flexibility index (Phi) is 5.63. The predicted octanol–water partition coefficient (Wildman–Crippen LogP) is 2.29. The van der Waals surface area contributed by atoms with E-state index < -0.39 is 0 Å². The fourth-order valence-corrected chi connectivity index (χ4v) is 2.95. The molecule has 18 heavy (non-hydrogen) atoms. The normalized spacial score (nSPS) is 22.8. The van der Waals surface area contributed by atoms with E-state index in [4.69, 9.17) is 9.84 Å². The topological polar surface area (TPSA) is 41.5 Å². The highest BCUT2D eigenvalue weighted by Gasteiger charge is 2.30. The minimum Gasteiger partial charge on any atom is -0.394 e. The first-order chi connectivity index (χ1) is 8.81. The molecule has 100 valence electrons. The van der Waals surface area contributed by atoms with Gasteiger partial charge in [-0.2, -0.15) is 0 Å². The molecular weight excluding hydrogens is 294 g/mol. The summed E-state index contributed by atoms with van der Waals surface area (Å²) in [6.45, 7) is 2.09. The molecule has 2 rings (SSSR count). The van der Waals surface area contributed by atoms with Gasteiger partial charge in [-0.25, -0.2) is 0 Å². The van der Waals surface area contributed by atoms with Crippen LogP contribution in [0.5, 0.6) is 0 Å². The first-order valence-corrected chi connectivity index (χ1v) is 7.27. The highest BCUT2D eigenvalue weighted by molar-refractivity contribution is 9.10. The first kappa shape index (κ1) is 14.0. The Morgan fingerprint density at radius 3 is 2.78 bits per heavy atom. The van der Waals surface area contributed by atoms with Crippen molar-refractivity contribution < 1.29 is 9.84 Å². The number of rotatable bonds is 7. The summed E-state index contributed by atoms with van der Waals surface area (Å²) in [6.07, 6.45) is 2.39. The Balaban J connectivity index is 1.64. The smallest absolute Gasteiger partial charge is 0.0698 e. The van der Waals surface area contributed by atoms with Crippen molar-refractivity contribution in [1.82, 2.24) is 5.32 Å². The molecule has 0 radical (unpaired) electrons. The maximum absolute atomic E-state index is 8.57. The molecule has 1 saturated carbocycles. The van der Waals surface area contributed by atoms with Gasteiger partial charge in [0.25, 0.3) is 0 Å². The van der Waals surface area contributed by atoms with Crippen LogP contribution >= 0.6 is 15.9 Å². The van der Waals surface area contributed by atoms with Crippen LogP contribution in [0.3, 0.4) is 0 Å². The van der Waals surface area contributed by atoms with Gasteiger partial charge in [-0.3, -0.25) is 0 Å². The zero-order valence-electron chi connectivity index (χ0n) is 10.4. The maximum Gasteiger partial charge on any atom is 0.0698 e. The van der Waals surface area contributed by atoms with Crippen molar-refractivity contribution in [1.29, 1.82) is 0 Å². The van der Waals surface area contributed by atoms with Crippen LogP contribution < -0.4 is 5.32 Å². The lowest BCUT2D eigenvalue weighted by molar-refractivity contribution is 0.0901. The van der Waals surface area contributed by atoms with Crippen molar-refractivity contribution in [2.24, 2.45) is 0 Å². The van der Waals surface area contributed by atoms with Crippen LogP contribution in [-0.2, 0) is 4.74 Å². The second-order valence-electron chi connectivity index (χ2n) is 4.68. The second-order valence-corrected chi connectivity index (χ2v) is 5.53. The molecule has 1 aromatic rings. The van der Waals surface area contributed by atoms with Crippen LogP contribution in [0.25, 0.3) is 0 Å². The van der Waals surface area contributed by atoms with Crippen LogP contribution in [0.15, 0.2) is 28.7 Å². The van der Waals surface area contributed by atoms with Crippen molar-refractivity contribution in [3.63, 3.8) is 0 Å². The fourth-order valence-electron chi connectivity index (χ4n) is 2.35. The molecule has 1 aromatic carbocycles. The summed E-state index contributed by atoms with van der Waals surface area (Å²) in [4.78, 5) is 0. The van der Waals surface area contributed by atoms with Gasteiger partial charge >= 0.3 is 0 Å². The third-order valence-corrected chi connectivity index (χ3v) is 4.12. The highest BCUT2D eigenvalue weighted by Crippen LogP contribution is 2.39. The summed E-state index contributed by atoms with van der Waals surface area (Å²) in [5.74, 6) is 0.677. The molecule has 0 amide bonds. The number of hydrogen-bond acceptors (Lipinski definition) is 3. The lowest BCUT2D eigenvalue weighted by Crippen LogP contribution is -2.41. The van der Waals surface area contributed by atoms with Crippen LogP contribution in [0.4, 0.5) is 0 Å². The zero-order chi connectivity index (χ0) is 12.8. The van der Waals surface area contributed by atoms with Gasteiger partial charge in [-0.1, -0.05) is 34.1 Å². The number of halogens is 1. The van der Waals surface area contributed by atoms with Crippen LogP contribution in [0.1, 0.15) is 24.3 Å². The van der Waals surface area contributed by atoms with Crippen molar-refractivity contribution in [3.05, 3.63) is 34.3 Å². The van der Waals surface area contributed by atoms with Crippen LogP contribution in [0, 0.1) is 0 Å². The van der Waals surface area contributed by atoms with E-state index in [9.17, 15) is 0 Å². The van der Waals surface area contributed by atoms with E-state index in [-0.39, 0.29) is 6.61 Å². The minimum atomic E-state index is 0.105. The number of aliphatic hydroxyl groups is 1. The summed E-state index contributed by atoms with van der Waals surface area (Å²) >= 11 is 3.61. The largest absolute Gasteiger partial charge is 0.394 e. The summed E-state index contributed by atoms with van der Waals surface area (Å²) in [6, 6.07) is 9.08. The van der Waals surface area contributed by atoms with E-state index in [1.807, 2.05) is 0 Å². The zero-order valence-corrected chi connectivity index (χ0v) is 12.0.